The molecule has 0 fully saturated rings. The van der Waals surface area contributed by atoms with E-state index in [2.05, 4.69) is 37.0 Å². The van der Waals surface area contributed by atoms with Gasteiger partial charge in [-0.25, -0.2) is 4.98 Å². The fraction of sp³-hybridized carbons (Fsp3) is 0.200. The van der Waals surface area contributed by atoms with Crippen molar-refractivity contribution in [2.45, 2.75) is 37.2 Å². The van der Waals surface area contributed by atoms with Crippen LogP contribution in [0.25, 0.3) is 0 Å². The summed E-state index contributed by atoms with van der Waals surface area (Å²) in [7, 11) is 0. The zero-order valence-electron chi connectivity index (χ0n) is 14.1. The van der Waals surface area contributed by atoms with E-state index in [4.69, 9.17) is 4.98 Å². The molecule has 0 atom stereocenters. The summed E-state index contributed by atoms with van der Waals surface area (Å²) in [5, 5.41) is 0.635. The Hall–Kier alpha value is -2.33. The zero-order valence-corrected chi connectivity index (χ0v) is 14.9. The van der Waals surface area contributed by atoms with Gasteiger partial charge in [0.05, 0.1) is 5.69 Å². The second-order valence-corrected chi connectivity index (χ2v) is 7.09. The smallest absolute Gasteiger partial charge is 0.254 e. The molecule has 1 heterocycles. The van der Waals surface area contributed by atoms with Gasteiger partial charge in [-0.3, -0.25) is 4.79 Å². The lowest BCUT2D eigenvalue weighted by Gasteiger charge is -2.09. The third-order valence-corrected chi connectivity index (χ3v) is 4.74. The lowest BCUT2D eigenvalue weighted by Crippen LogP contribution is -2.16. The lowest BCUT2D eigenvalue weighted by atomic mass is 10.0. The summed E-state index contributed by atoms with van der Waals surface area (Å²) >= 11 is 1.47. The van der Waals surface area contributed by atoms with E-state index < -0.39 is 0 Å². The van der Waals surface area contributed by atoms with E-state index in [0.29, 0.717) is 17.1 Å². The number of aryl methyl sites for hydroxylation is 2. The van der Waals surface area contributed by atoms with Crippen LogP contribution in [0.1, 0.15) is 27.9 Å². The summed E-state index contributed by atoms with van der Waals surface area (Å²) < 4.78 is 0. The van der Waals surface area contributed by atoms with Crippen LogP contribution in [-0.4, -0.2) is 9.97 Å². The van der Waals surface area contributed by atoms with Gasteiger partial charge in [0.25, 0.3) is 5.56 Å². The molecule has 0 bridgehead atoms. The standard InChI is InChI=1S/C20H20N2OS/c1-13-9-14(2)11-16(10-13)12-18-15(3)19(23)22-20(21-18)24-17-7-5-4-6-8-17/h4-11H,12H2,1-3H3,(H,21,22,23). The average Bonchev–Trinajstić information content (AvgIpc) is 2.52. The molecule has 0 unspecified atom stereocenters. The molecule has 122 valence electrons. The molecular weight excluding hydrogens is 316 g/mol. The highest BCUT2D eigenvalue weighted by molar-refractivity contribution is 7.99. The van der Waals surface area contributed by atoms with Crippen molar-refractivity contribution < 1.29 is 0 Å². The molecular formula is C20H20N2OS. The van der Waals surface area contributed by atoms with E-state index in [1.54, 1.807) is 0 Å². The van der Waals surface area contributed by atoms with Crippen LogP contribution in [0.3, 0.4) is 0 Å². The van der Waals surface area contributed by atoms with Crippen LogP contribution >= 0.6 is 11.8 Å². The minimum absolute atomic E-state index is 0.0668. The molecule has 1 N–H and O–H groups in total. The van der Waals surface area contributed by atoms with Gasteiger partial charge in [-0.2, -0.15) is 0 Å². The Morgan fingerprint density at radius 1 is 1.00 bits per heavy atom. The summed E-state index contributed by atoms with van der Waals surface area (Å²) in [6.07, 6.45) is 0.667. The topological polar surface area (TPSA) is 45.8 Å². The maximum atomic E-state index is 12.3. The highest BCUT2D eigenvalue weighted by atomic mass is 32.2. The van der Waals surface area contributed by atoms with Crippen LogP contribution in [-0.2, 0) is 6.42 Å². The quantitative estimate of drug-likeness (QED) is 0.717. The molecule has 0 aliphatic heterocycles. The molecule has 0 amide bonds. The molecule has 1 aromatic heterocycles. The van der Waals surface area contributed by atoms with E-state index in [9.17, 15) is 4.79 Å². The molecule has 0 spiro atoms. The Labute approximate surface area is 146 Å². The van der Waals surface area contributed by atoms with Crippen molar-refractivity contribution in [2.75, 3.05) is 0 Å². The van der Waals surface area contributed by atoms with Crippen molar-refractivity contribution in [1.82, 2.24) is 9.97 Å². The zero-order chi connectivity index (χ0) is 17.1. The summed E-state index contributed by atoms with van der Waals surface area (Å²) in [6, 6.07) is 16.4. The maximum Gasteiger partial charge on any atom is 0.254 e. The van der Waals surface area contributed by atoms with Crippen molar-refractivity contribution in [2.24, 2.45) is 0 Å². The van der Waals surface area contributed by atoms with E-state index in [0.717, 1.165) is 10.6 Å². The van der Waals surface area contributed by atoms with Gasteiger partial charge in [0, 0.05) is 16.9 Å². The number of benzene rings is 2. The second-order valence-electron chi connectivity index (χ2n) is 6.03. The van der Waals surface area contributed by atoms with Crippen molar-refractivity contribution in [1.29, 1.82) is 0 Å². The molecule has 3 nitrogen and oxygen atoms in total. The van der Waals surface area contributed by atoms with E-state index in [-0.39, 0.29) is 5.56 Å². The van der Waals surface area contributed by atoms with Crippen molar-refractivity contribution in [3.8, 4) is 0 Å². The molecule has 0 saturated heterocycles. The van der Waals surface area contributed by atoms with Crippen LogP contribution in [0, 0.1) is 20.8 Å². The van der Waals surface area contributed by atoms with Crippen LogP contribution in [0.2, 0.25) is 0 Å². The Kier molecular flexibility index (Phi) is 4.86. The first kappa shape index (κ1) is 16.5. The van der Waals surface area contributed by atoms with Crippen LogP contribution in [0.15, 0.2) is 63.4 Å². The van der Waals surface area contributed by atoms with Crippen LogP contribution < -0.4 is 5.56 Å². The van der Waals surface area contributed by atoms with E-state index >= 15 is 0 Å². The molecule has 0 radical (unpaired) electrons. The molecule has 0 aliphatic rings. The lowest BCUT2D eigenvalue weighted by molar-refractivity contribution is 0.858. The first-order chi connectivity index (χ1) is 11.5. The fourth-order valence-corrected chi connectivity index (χ4v) is 3.56. The highest BCUT2D eigenvalue weighted by Gasteiger charge is 2.10. The second kappa shape index (κ2) is 7.05. The van der Waals surface area contributed by atoms with Gasteiger partial charge in [0.1, 0.15) is 0 Å². The normalized spacial score (nSPS) is 10.8. The van der Waals surface area contributed by atoms with Gasteiger partial charge >= 0.3 is 0 Å². The Bertz CT molecular complexity index is 896. The fourth-order valence-electron chi connectivity index (χ4n) is 2.74. The number of nitrogens with one attached hydrogen (secondary N) is 1. The summed E-state index contributed by atoms with van der Waals surface area (Å²) in [5.41, 5.74) is 5.10. The number of aromatic nitrogens is 2. The Morgan fingerprint density at radius 2 is 1.67 bits per heavy atom. The SMILES string of the molecule is Cc1cc(C)cc(Cc2nc(Sc3ccccc3)[nH]c(=O)c2C)c1. The monoisotopic (exact) mass is 336 g/mol. The van der Waals surface area contributed by atoms with Gasteiger partial charge < -0.3 is 4.98 Å². The average molecular weight is 336 g/mol. The minimum Gasteiger partial charge on any atom is -0.301 e. The molecule has 0 saturated carbocycles. The van der Waals surface area contributed by atoms with Crippen LogP contribution in [0.4, 0.5) is 0 Å². The number of hydrogen-bond donors (Lipinski definition) is 1. The summed E-state index contributed by atoms with van der Waals surface area (Å²) in [6.45, 7) is 6.01. The predicted molar refractivity (Wildman–Crippen MR) is 98.9 cm³/mol. The van der Waals surface area contributed by atoms with Gasteiger partial charge in [0.2, 0.25) is 0 Å². The molecule has 3 aromatic rings. The summed E-state index contributed by atoms with van der Waals surface area (Å²) in [4.78, 5) is 20.9. The van der Waals surface area contributed by atoms with Crippen molar-refractivity contribution in [3.05, 3.63) is 86.8 Å². The highest BCUT2D eigenvalue weighted by Crippen LogP contribution is 2.24. The summed E-state index contributed by atoms with van der Waals surface area (Å²) in [5.74, 6) is 0. The third kappa shape index (κ3) is 3.95. The Balaban J connectivity index is 1.94. The molecule has 24 heavy (non-hydrogen) atoms. The number of H-pyrrole nitrogens is 1. The van der Waals surface area contributed by atoms with Gasteiger partial charge in [-0.15, -0.1) is 0 Å². The van der Waals surface area contributed by atoms with E-state index in [1.807, 2.05) is 37.3 Å². The van der Waals surface area contributed by atoms with Crippen molar-refractivity contribution >= 4 is 11.8 Å². The third-order valence-electron chi connectivity index (χ3n) is 3.84. The number of aromatic amines is 1. The van der Waals surface area contributed by atoms with Gasteiger partial charge in [-0.1, -0.05) is 59.3 Å². The molecule has 0 aliphatic carbocycles. The Morgan fingerprint density at radius 3 is 2.33 bits per heavy atom. The van der Waals surface area contributed by atoms with Gasteiger partial charge in [-0.05, 0) is 38.5 Å². The number of hydrogen-bond acceptors (Lipinski definition) is 3. The first-order valence-corrected chi connectivity index (χ1v) is 8.73. The molecule has 2 aromatic carbocycles. The van der Waals surface area contributed by atoms with Gasteiger partial charge in [0.15, 0.2) is 5.16 Å². The number of rotatable bonds is 4. The predicted octanol–water partition coefficient (Wildman–Crippen LogP) is 4.44. The van der Waals surface area contributed by atoms with E-state index in [1.165, 1.54) is 28.5 Å². The molecule has 4 heteroatoms. The van der Waals surface area contributed by atoms with Crippen LogP contribution in [0.5, 0.6) is 0 Å². The maximum absolute atomic E-state index is 12.3. The number of nitrogens with zero attached hydrogens (tertiary/aromatic N) is 1. The molecule has 3 rings (SSSR count). The minimum atomic E-state index is -0.0668. The van der Waals surface area contributed by atoms with Crippen molar-refractivity contribution in [3.63, 3.8) is 0 Å². The largest absolute Gasteiger partial charge is 0.301 e. The first-order valence-electron chi connectivity index (χ1n) is 7.91.